The van der Waals surface area contributed by atoms with Crippen LogP contribution in [0.1, 0.15) is 23.8 Å². The average molecular weight is 488 g/mol. The van der Waals surface area contributed by atoms with E-state index in [1.165, 1.54) is 22.3 Å². The maximum atomic E-state index is 13.8. The van der Waals surface area contributed by atoms with E-state index in [2.05, 4.69) is 0 Å². The van der Waals surface area contributed by atoms with Crippen molar-refractivity contribution in [3.63, 3.8) is 0 Å². The Hall–Kier alpha value is -3.17. The first kappa shape index (κ1) is 23.0. The maximum Gasteiger partial charge on any atom is 0.303 e. The quantitative estimate of drug-likeness (QED) is 0.356. The molecule has 33 heavy (non-hydrogen) atoms. The van der Waals surface area contributed by atoms with Crippen LogP contribution in [-0.2, 0) is 21.2 Å². The Labute approximate surface area is 194 Å². The van der Waals surface area contributed by atoms with E-state index in [-0.39, 0.29) is 17.1 Å². The number of hydrogen-bond acceptors (Lipinski definition) is 5. The summed E-state index contributed by atoms with van der Waals surface area (Å²) in [7, 11) is -4.02. The standard InChI is InChI=1S/C24H22FNO5S2/c1-3-31-19-9-10-22-20(13-19)17(6-11-23(27)28)14-26(22)33(29,30)24-21(12-15(2)32-24)16-4-7-18(25)8-5-16/h4-5,7-10,12-14H,3,6,11H2,1-2H3,(H,27,28). The summed E-state index contributed by atoms with van der Waals surface area (Å²) in [5, 5.41) is 9.77. The molecule has 0 saturated heterocycles. The summed E-state index contributed by atoms with van der Waals surface area (Å²) in [5.74, 6) is -0.789. The number of rotatable bonds is 8. The van der Waals surface area contributed by atoms with E-state index in [0.717, 1.165) is 16.2 Å². The maximum absolute atomic E-state index is 13.8. The minimum atomic E-state index is -4.02. The molecule has 0 aliphatic rings. The summed E-state index contributed by atoms with van der Waals surface area (Å²) in [6, 6.07) is 12.6. The fraction of sp³-hybridized carbons (Fsp3) is 0.208. The summed E-state index contributed by atoms with van der Waals surface area (Å²) in [6.45, 7) is 4.11. The summed E-state index contributed by atoms with van der Waals surface area (Å²) in [4.78, 5) is 12.0. The monoisotopic (exact) mass is 487 g/mol. The van der Waals surface area contributed by atoms with Crippen molar-refractivity contribution in [1.29, 1.82) is 0 Å². The largest absolute Gasteiger partial charge is 0.494 e. The molecule has 2 aromatic heterocycles. The Morgan fingerprint density at radius 3 is 2.55 bits per heavy atom. The second-order valence-corrected chi connectivity index (χ2v) is 10.8. The normalized spacial score (nSPS) is 11.7. The molecule has 9 heteroatoms. The number of aliphatic carboxylic acids is 1. The molecule has 0 aliphatic heterocycles. The fourth-order valence-corrected chi connectivity index (χ4v) is 6.88. The smallest absolute Gasteiger partial charge is 0.303 e. The van der Waals surface area contributed by atoms with E-state index in [1.54, 1.807) is 36.4 Å². The van der Waals surface area contributed by atoms with Gasteiger partial charge >= 0.3 is 5.97 Å². The molecule has 2 heterocycles. The molecule has 0 spiro atoms. The lowest BCUT2D eigenvalue weighted by Crippen LogP contribution is -2.11. The first-order chi connectivity index (χ1) is 15.7. The summed E-state index contributed by atoms with van der Waals surface area (Å²) >= 11 is 1.14. The predicted octanol–water partition coefficient (Wildman–Crippen LogP) is 5.47. The number of carboxylic acid groups (broad SMARTS) is 1. The fourth-order valence-electron chi connectivity index (χ4n) is 3.75. The van der Waals surface area contributed by atoms with E-state index in [9.17, 15) is 17.6 Å². The number of benzene rings is 2. The van der Waals surface area contributed by atoms with Crippen LogP contribution < -0.4 is 4.74 Å². The van der Waals surface area contributed by atoms with Gasteiger partial charge in [0.05, 0.1) is 12.1 Å². The van der Waals surface area contributed by atoms with Gasteiger partial charge in [0.25, 0.3) is 10.0 Å². The highest BCUT2D eigenvalue weighted by molar-refractivity contribution is 7.92. The van der Waals surface area contributed by atoms with Crippen LogP contribution in [0, 0.1) is 12.7 Å². The van der Waals surface area contributed by atoms with Crippen LogP contribution in [0.25, 0.3) is 22.0 Å². The number of carboxylic acids is 1. The van der Waals surface area contributed by atoms with Crippen molar-refractivity contribution >= 4 is 38.2 Å². The molecule has 172 valence electrons. The first-order valence-corrected chi connectivity index (χ1v) is 12.6. The minimum absolute atomic E-state index is 0.128. The second-order valence-electron chi connectivity index (χ2n) is 7.53. The number of carbonyl (C=O) groups is 1. The molecule has 1 N–H and O–H groups in total. The van der Waals surface area contributed by atoms with Crippen LogP contribution >= 0.6 is 11.3 Å². The van der Waals surface area contributed by atoms with E-state index in [1.807, 2.05) is 13.8 Å². The van der Waals surface area contributed by atoms with Gasteiger partial charge in [-0.2, -0.15) is 8.42 Å². The number of aromatic nitrogens is 1. The molecule has 0 radical (unpaired) electrons. The zero-order chi connectivity index (χ0) is 23.8. The van der Waals surface area contributed by atoms with Crippen molar-refractivity contribution in [3.8, 4) is 16.9 Å². The van der Waals surface area contributed by atoms with Crippen molar-refractivity contribution in [2.24, 2.45) is 0 Å². The van der Waals surface area contributed by atoms with Gasteiger partial charge in [-0.15, -0.1) is 11.3 Å². The molecule has 6 nitrogen and oxygen atoms in total. The van der Waals surface area contributed by atoms with Crippen LogP contribution in [-0.4, -0.2) is 30.1 Å². The van der Waals surface area contributed by atoms with Gasteiger partial charge in [0.15, 0.2) is 0 Å². The molecule has 0 saturated carbocycles. The van der Waals surface area contributed by atoms with Gasteiger partial charge in [-0.05, 0) is 67.8 Å². The third-order valence-corrected chi connectivity index (χ3v) is 8.45. The molecule has 0 atom stereocenters. The van der Waals surface area contributed by atoms with Crippen molar-refractivity contribution in [2.45, 2.75) is 30.9 Å². The lowest BCUT2D eigenvalue weighted by atomic mass is 10.1. The molecule has 0 unspecified atom stereocenters. The number of thiophene rings is 1. The molecule has 0 aliphatic carbocycles. The van der Waals surface area contributed by atoms with Crippen molar-refractivity contribution in [2.75, 3.05) is 6.61 Å². The van der Waals surface area contributed by atoms with Crippen LogP contribution in [0.3, 0.4) is 0 Å². The SMILES string of the molecule is CCOc1ccc2c(c1)c(CCC(=O)O)cn2S(=O)(=O)c1sc(C)cc1-c1ccc(F)cc1. The van der Waals surface area contributed by atoms with E-state index in [4.69, 9.17) is 9.84 Å². The number of nitrogens with zero attached hydrogens (tertiary/aromatic N) is 1. The van der Waals surface area contributed by atoms with E-state index >= 15 is 0 Å². The highest BCUT2D eigenvalue weighted by Crippen LogP contribution is 2.38. The van der Waals surface area contributed by atoms with Crippen LogP contribution in [0.15, 0.2) is 58.9 Å². The highest BCUT2D eigenvalue weighted by atomic mass is 32.2. The Morgan fingerprint density at radius 1 is 1.15 bits per heavy atom. The van der Waals surface area contributed by atoms with Gasteiger partial charge in [0, 0.05) is 28.4 Å². The molecule has 0 fully saturated rings. The number of hydrogen-bond donors (Lipinski definition) is 1. The average Bonchev–Trinajstić information content (AvgIpc) is 3.34. The summed E-state index contributed by atoms with van der Waals surface area (Å²) in [6.07, 6.45) is 1.54. The summed E-state index contributed by atoms with van der Waals surface area (Å²) < 4.78 is 48.0. The van der Waals surface area contributed by atoms with E-state index < -0.39 is 21.8 Å². The third-order valence-electron chi connectivity index (χ3n) is 5.21. The van der Waals surface area contributed by atoms with Crippen LogP contribution in [0.2, 0.25) is 0 Å². The van der Waals surface area contributed by atoms with Crippen LogP contribution in [0.5, 0.6) is 5.75 Å². The number of halogens is 1. The van der Waals surface area contributed by atoms with Gasteiger partial charge in [0.2, 0.25) is 0 Å². The lowest BCUT2D eigenvalue weighted by Gasteiger charge is -2.09. The molecular formula is C24H22FNO5S2. The van der Waals surface area contributed by atoms with Gasteiger partial charge in [-0.1, -0.05) is 12.1 Å². The first-order valence-electron chi connectivity index (χ1n) is 10.3. The number of fused-ring (bicyclic) bond motifs is 1. The van der Waals surface area contributed by atoms with Gasteiger partial charge in [-0.3, -0.25) is 4.79 Å². The molecular weight excluding hydrogens is 465 g/mol. The minimum Gasteiger partial charge on any atom is -0.494 e. The van der Waals surface area contributed by atoms with Gasteiger partial charge < -0.3 is 9.84 Å². The van der Waals surface area contributed by atoms with Crippen molar-refractivity contribution in [1.82, 2.24) is 3.97 Å². The second kappa shape index (κ2) is 8.99. The number of aryl methyl sites for hydroxylation is 2. The molecule has 0 amide bonds. The Bertz CT molecular complexity index is 1440. The highest BCUT2D eigenvalue weighted by Gasteiger charge is 2.27. The zero-order valence-electron chi connectivity index (χ0n) is 18.0. The lowest BCUT2D eigenvalue weighted by molar-refractivity contribution is -0.136. The topological polar surface area (TPSA) is 85.6 Å². The predicted molar refractivity (Wildman–Crippen MR) is 126 cm³/mol. The molecule has 2 aromatic carbocycles. The number of ether oxygens (including phenoxy) is 1. The van der Waals surface area contributed by atoms with E-state index in [0.29, 0.717) is 39.9 Å². The van der Waals surface area contributed by atoms with Crippen LogP contribution in [0.4, 0.5) is 4.39 Å². The molecule has 4 rings (SSSR count). The Kier molecular flexibility index (Phi) is 6.27. The molecule has 0 bridgehead atoms. The van der Waals surface area contributed by atoms with Crippen molar-refractivity contribution in [3.05, 3.63) is 71.0 Å². The van der Waals surface area contributed by atoms with Gasteiger partial charge in [-0.25, -0.2) is 8.36 Å². The third kappa shape index (κ3) is 4.51. The Balaban J connectivity index is 1.89. The molecule has 4 aromatic rings. The van der Waals surface area contributed by atoms with Gasteiger partial charge in [0.1, 0.15) is 15.8 Å². The van der Waals surface area contributed by atoms with Crippen molar-refractivity contribution < 1.29 is 27.4 Å². The summed E-state index contributed by atoms with van der Waals surface area (Å²) in [5.41, 5.74) is 2.14. The Morgan fingerprint density at radius 2 is 1.88 bits per heavy atom. The zero-order valence-corrected chi connectivity index (χ0v) is 19.7.